The number of nitrogens with zero attached hydrogens (tertiary/aromatic N) is 2. The van der Waals surface area contributed by atoms with E-state index in [0.29, 0.717) is 11.1 Å². The Morgan fingerprint density at radius 1 is 1.50 bits per heavy atom. The molecule has 0 saturated heterocycles. The van der Waals surface area contributed by atoms with E-state index < -0.39 is 11.8 Å². The smallest absolute Gasteiger partial charge is 0.408 e. The van der Waals surface area contributed by atoms with E-state index in [9.17, 15) is 4.79 Å². The van der Waals surface area contributed by atoms with Crippen molar-refractivity contribution >= 4 is 11.1 Å². The highest BCUT2D eigenvalue weighted by Gasteiger charge is 2.13. The van der Waals surface area contributed by atoms with E-state index in [2.05, 4.69) is 0 Å². The molecule has 0 bridgehead atoms. The standard InChI is InChI=1S/C10H8N2O2/c1-7(6-11)12-8-4-2-3-5-9(8)14-10(12)13/h2-5,7H,1H3. The maximum Gasteiger partial charge on any atom is 0.421 e. The molecule has 0 fully saturated rings. The topological polar surface area (TPSA) is 58.9 Å². The summed E-state index contributed by atoms with van der Waals surface area (Å²) in [6, 6.07) is 8.55. The van der Waals surface area contributed by atoms with Crippen molar-refractivity contribution in [3.63, 3.8) is 0 Å². The van der Waals surface area contributed by atoms with Gasteiger partial charge in [-0.3, -0.25) is 4.57 Å². The van der Waals surface area contributed by atoms with Gasteiger partial charge in [0.05, 0.1) is 11.6 Å². The van der Waals surface area contributed by atoms with Crippen LogP contribution in [0.1, 0.15) is 13.0 Å². The molecule has 0 aliphatic heterocycles. The Morgan fingerprint density at radius 2 is 2.21 bits per heavy atom. The number of para-hydroxylation sites is 2. The predicted octanol–water partition coefficient (Wildman–Crippen LogP) is 1.68. The zero-order chi connectivity index (χ0) is 10.1. The van der Waals surface area contributed by atoms with Gasteiger partial charge in [-0.1, -0.05) is 12.1 Å². The molecule has 2 rings (SSSR count). The van der Waals surface area contributed by atoms with Crippen molar-refractivity contribution in [2.75, 3.05) is 0 Å². The highest BCUT2D eigenvalue weighted by Crippen LogP contribution is 2.15. The molecule has 1 unspecified atom stereocenters. The summed E-state index contributed by atoms with van der Waals surface area (Å²) < 4.78 is 6.32. The Balaban J connectivity index is 2.82. The van der Waals surface area contributed by atoms with Gasteiger partial charge in [-0.05, 0) is 19.1 Å². The molecular formula is C10H8N2O2. The number of nitriles is 1. The summed E-state index contributed by atoms with van der Waals surface area (Å²) >= 11 is 0. The van der Waals surface area contributed by atoms with Gasteiger partial charge in [-0.2, -0.15) is 5.26 Å². The van der Waals surface area contributed by atoms with Crippen molar-refractivity contribution in [3.8, 4) is 6.07 Å². The van der Waals surface area contributed by atoms with Crippen LogP contribution >= 0.6 is 0 Å². The van der Waals surface area contributed by atoms with Crippen LogP contribution in [0.5, 0.6) is 0 Å². The molecule has 0 spiro atoms. The molecule has 0 aliphatic rings. The van der Waals surface area contributed by atoms with Gasteiger partial charge in [0.2, 0.25) is 0 Å². The molecule has 4 heteroatoms. The van der Waals surface area contributed by atoms with E-state index in [1.165, 1.54) is 4.57 Å². The zero-order valence-electron chi connectivity index (χ0n) is 7.60. The Bertz CT molecular complexity index is 559. The Labute approximate surface area is 80.0 Å². The van der Waals surface area contributed by atoms with Gasteiger partial charge in [0.1, 0.15) is 6.04 Å². The minimum Gasteiger partial charge on any atom is -0.408 e. The lowest BCUT2D eigenvalue weighted by Crippen LogP contribution is -2.16. The minimum absolute atomic E-state index is 0.486. The van der Waals surface area contributed by atoms with Gasteiger partial charge in [-0.15, -0.1) is 0 Å². The van der Waals surface area contributed by atoms with Crippen LogP contribution in [0.25, 0.3) is 11.1 Å². The Morgan fingerprint density at radius 3 is 2.93 bits per heavy atom. The second kappa shape index (κ2) is 3.04. The van der Waals surface area contributed by atoms with E-state index in [1.54, 1.807) is 31.2 Å². The van der Waals surface area contributed by atoms with Crippen LogP contribution in [-0.4, -0.2) is 4.57 Å². The maximum atomic E-state index is 11.4. The fourth-order valence-electron chi connectivity index (χ4n) is 1.41. The van der Waals surface area contributed by atoms with Gasteiger partial charge in [0.25, 0.3) is 0 Å². The second-order valence-electron chi connectivity index (χ2n) is 3.01. The molecule has 0 radical (unpaired) electrons. The predicted molar refractivity (Wildman–Crippen MR) is 50.8 cm³/mol. The lowest BCUT2D eigenvalue weighted by atomic mass is 10.3. The lowest BCUT2D eigenvalue weighted by molar-refractivity contribution is 0.497. The Kier molecular flexibility index (Phi) is 1.86. The first-order valence-electron chi connectivity index (χ1n) is 4.23. The first kappa shape index (κ1) is 8.57. The minimum atomic E-state index is -0.508. The molecule has 1 atom stereocenters. The first-order chi connectivity index (χ1) is 6.74. The van der Waals surface area contributed by atoms with Crippen LogP contribution in [0.2, 0.25) is 0 Å². The van der Waals surface area contributed by atoms with Gasteiger partial charge in [0.15, 0.2) is 5.58 Å². The number of aromatic nitrogens is 1. The summed E-state index contributed by atoms with van der Waals surface area (Å²) in [5.74, 6) is -0.486. The fraction of sp³-hybridized carbons (Fsp3) is 0.200. The number of oxazole rings is 1. The largest absolute Gasteiger partial charge is 0.421 e. The number of rotatable bonds is 1. The first-order valence-corrected chi connectivity index (χ1v) is 4.23. The third-order valence-corrected chi connectivity index (χ3v) is 2.09. The highest BCUT2D eigenvalue weighted by molar-refractivity contribution is 5.72. The van der Waals surface area contributed by atoms with E-state index >= 15 is 0 Å². The van der Waals surface area contributed by atoms with Crippen LogP contribution in [0.15, 0.2) is 33.5 Å². The molecular weight excluding hydrogens is 180 g/mol. The average Bonchev–Trinajstić information content (AvgIpc) is 2.53. The molecule has 0 amide bonds. The molecule has 0 aliphatic carbocycles. The number of benzene rings is 1. The second-order valence-corrected chi connectivity index (χ2v) is 3.01. The van der Waals surface area contributed by atoms with Crippen LogP contribution in [0, 0.1) is 11.3 Å². The van der Waals surface area contributed by atoms with E-state index in [0.717, 1.165) is 0 Å². The zero-order valence-corrected chi connectivity index (χ0v) is 7.60. The molecule has 70 valence electrons. The SMILES string of the molecule is CC(C#N)n1c(=O)oc2ccccc21. The van der Waals surface area contributed by atoms with Gasteiger partial charge >= 0.3 is 5.76 Å². The van der Waals surface area contributed by atoms with E-state index in [-0.39, 0.29) is 0 Å². The summed E-state index contributed by atoms with van der Waals surface area (Å²) in [7, 11) is 0. The van der Waals surface area contributed by atoms with Gasteiger partial charge in [0, 0.05) is 0 Å². The molecule has 1 aromatic carbocycles. The monoisotopic (exact) mass is 188 g/mol. The van der Waals surface area contributed by atoms with Gasteiger partial charge in [-0.25, -0.2) is 4.79 Å². The summed E-state index contributed by atoms with van der Waals surface area (Å²) in [5, 5.41) is 8.74. The van der Waals surface area contributed by atoms with Crippen molar-refractivity contribution in [3.05, 3.63) is 34.8 Å². The van der Waals surface area contributed by atoms with Crippen molar-refractivity contribution in [1.29, 1.82) is 5.26 Å². The molecule has 14 heavy (non-hydrogen) atoms. The Hall–Kier alpha value is -2.02. The maximum absolute atomic E-state index is 11.4. The van der Waals surface area contributed by atoms with Gasteiger partial charge < -0.3 is 4.42 Å². The molecule has 2 aromatic rings. The number of fused-ring (bicyclic) bond motifs is 1. The van der Waals surface area contributed by atoms with E-state index in [1.807, 2.05) is 6.07 Å². The normalized spacial score (nSPS) is 12.6. The molecule has 0 N–H and O–H groups in total. The van der Waals surface area contributed by atoms with Crippen molar-refractivity contribution in [2.45, 2.75) is 13.0 Å². The molecule has 1 aromatic heterocycles. The molecule has 4 nitrogen and oxygen atoms in total. The van der Waals surface area contributed by atoms with Crippen LogP contribution in [-0.2, 0) is 0 Å². The van der Waals surface area contributed by atoms with Crippen molar-refractivity contribution in [2.24, 2.45) is 0 Å². The van der Waals surface area contributed by atoms with Crippen LogP contribution in [0.4, 0.5) is 0 Å². The quantitative estimate of drug-likeness (QED) is 0.684. The fourth-order valence-corrected chi connectivity index (χ4v) is 1.41. The number of hydrogen-bond acceptors (Lipinski definition) is 3. The van der Waals surface area contributed by atoms with Crippen LogP contribution < -0.4 is 5.76 Å². The van der Waals surface area contributed by atoms with Crippen molar-refractivity contribution < 1.29 is 4.42 Å². The van der Waals surface area contributed by atoms with Crippen molar-refractivity contribution in [1.82, 2.24) is 4.57 Å². The average molecular weight is 188 g/mol. The third kappa shape index (κ3) is 1.11. The summed E-state index contributed by atoms with van der Waals surface area (Å²) in [6.45, 7) is 1.66. The number of hydrogen-bond donors (Lipinski definition) is 0. The van der Waals surface area contributed by atoms with E-state index in [4.69, 9.17) is 9.68 Å². The summed E-state index contributed by atoms with van der Waals surface area (Å²) in [5.41, 5.74) is 1.17. The third-order valence-electron chi connectivity index (χ3n) is 2.09. The highest BCUT2D eigenvalue weighted by atomic mass is 16.4. The summed E-state index contributed by atoms with van der Waals surface area (Å²) in [6.07, 6.45) is 0. The summed E-state index contributed by atoms with van der Waals surface area (Å²) in [4.78, 5) is 11.4. The van der Waals surface area contributed by atoms with Crippen LogP contribution in [0.3, 0.4) is 0 Å². The molecule has 1 heterocycles. The lowest BCUT2D eigenvalue weighted by Gasteiger charge is -2.01. The molecule has 0 saturated carbocycles.